The summed E-state index contributed by atoms with van der Waals surface area (Å²) in [5.41, 5.74) is 0. The number of nitrogens with one attached hydrogen (secondary N) is 1. The molecule has 0 saturated heterocycles. The molecule has 1 heterocycles. The molecule has 1 aliphatic heterocycles. The normalized spacial score (nSPS) is 26.2. The van der Waals surface area contributed by atoms with Crippen LogP contribution in [-0.4, -0.2) is 18.8 Å². The summed E-state index contributed by atoms with van der Waals surface area (Å²) in [4.78, 5) is 8.31. The van der Waals surface area contributed by atoms with Crippen LogP contribution < -0.4 is 5.32 Å². The Labute approximate surface area is 53.9 Å². The van der Waals surface area contributed by atoms with E-state index < -0.39 is 0 Å². The molecule has 0 aromatic carbocycles. The molecule has 0 radical (unpaired) electrons. The maximum atomic E-state index is 4.16. The highest BCUT2D eigenvalue weighted by atomic mass is 15.1. The minimum absolute atomic E-state index is 0.242. The molecule has 0 aromatic rings. The van der Waals surface area contributed by atoms with E-state index in [9.17, 15) is 0 Å². The van der Waals surface area contributed by atoms with Crippen LogP contribution in [0.2, 0.25) is 0 Å². The molecular formula is C6H9N3. The molecule has 9 heavy (non-hydrogen) atoms. The Morgan fingerprint density at radius 2 is 1.89 bits per heavy atom. The fourth-order valence-corrected chi connectivity index (χ4v) is 0.948. The summed E-state index contributed by atoms with van der Waals surface area (Å²) in [6, 6.07) is 0. The molecule has 0 amide bonds. The van der Waals surface area contributed by atoms with E-state index in [1.165, 1.54) is 12.8 Å². The average molecular weight is 123 g/mol. The molecule has 0 spiro atoms. The molecule has 2 rings (SSSR count). The molecule has 0 bridgehead atoms. The minimum atomic E-state index is 0.242. The molecule has 2 aliphatic rings. The largest absolute Gasteiger partial charge is 0.338 e. The van der Waals surface area contributed by atoms with Gasteiger partial charge in [0.1, 0.15) is 6.17 Å². The first kappa shape index (κ1) is 4.97. The zero-order valence-corrected chi connectivity index (χ0v) is 5.12. The number of nitrogens with zero attached hydrogens (tertiary/aromatic N) is 2. The third kappa shape index (κ3) is 0.943. The zero-order chi connectivity index (χ0) is 6.10. The fourth-order valence-electron chi connectivity index (χ4n) is 0.948. The van der Waals surface area contributed by atoms with Crippen LogP contribution in [0.15, 0.2) is 9.98 Å². The highest BCUT2D eigenvalue weighted by Crippen LogP contribution is 2.34. The Morgan fingerprint density at radius 3 is 2.44 bits per heavy atom. The van der Waals surface area contributed by atoms with Crippen molar-refractivity contribution in [2.45, 2.75) is 19.0 Å². The van der Waals surface area contributed by atoms with Crippen molar-refractivity contribution in [2.75, 3.05) is 0 Å². The van der Waals surface area contributed by atoms with Gasteiger partial charge in [0.15, 0.2) is 0 Å². The van der Waals surface area contributed by atoms with Gasteiger partial charge >= 0.3 is 0 Å². The Bertz CT molecular complexity index is 146. The summed E-state index contributed by atoms with van der Waals surface area (Å²) in [6.45, 7) is 0. The van der Waals surface area contributed by atoms with Crippen LogP contribution in [0.5, 0.6) is 0 Å². The highest BCUT2D eigenvalue weighted by Gasteiger charge is 2.30. The summed E-state index contributed by atoms with van der Waals surface area (Å²) in [7, 11) is 0. The van der Waals surface area contributed by atoms with Gasteiger partial charge < -0.3 is 5.32 Å². The third-order valence-corrected chi connectivity index (χ3v) is 1.65. The van der Waals surface area contributed by atoms with E-state index in [1.54, 1.807) is 12.7 Å². The zero-order valence-electron chi connectivity index (χ0n) is 5.12. The van der Waals surface area contributed by atoms with Crippen LogP contribution >= 0.6 is 0 Å². The molecule has 0 atom stereocenters. The van der Waals surface area contributed by atoms with Gasteiger partial charge in [0, 0.05) is 5.92 Å². The summed E-state index contributed by atoms with van der Waals surface area (Å²) in [5, 5.41) is 2.81. The molecule has 0 aromatic heterocycles. The van der Waals surface area contributed by atoms with Gasteiger partial charge in [0.2, 0.25) is 0 Å². The summed E-state index contributed by atoms with van der Waals surface area (Å²) >= 11 is 0. The highest BCUT2D eigenvalue weighted by molar-refractivity contribution is 5.76. The van der Waals surface area contributed by atoms with Gasteiger partial charge in [-0.3, -0.25) is 0 Å². The van der Waals surface area contributed by atoms with E-state index in [1.807, 2.05) is 0 Å². The Hall–Kier alpha value is -0.860. The number of hydrogen-bond donors (Lipinski definition) is 1. The Kier molecular flexibility index (Phi) is 1.01. The van der Waals surface area contributed by atoms with E-state index in [0.29, 0.717) is 0 Å². The molecular weight excluding hydrogens is 114 g/mol. The average Bonchev–Trinajstić information content (AvgIpc) is 2.71. The van der Waals surface area contributed by atoms with Crippen molar-refractivity contribution in [3.8, 4) is 0 Å². The van der Waals surface area contributed by atoms with Gasteiger partial charge in [0.25, 0.3) is 0 Å². The first-order chi connectivity index (χ1) is 4.47. The molecule has 1 aliphatic carbocycles. The predicted molar refractivity (Wildman–Crippen MR) is 36.6 cm³/mol. The van der Waals surface area contributed by atoms with Crippen molar-refractivity contribution in [1.29, 1.82) is 0 Å². The van der Waals surface area contributed by atoms with Crippen molar-refractivity contribution in [3.05, 3.63) is 0 Å². The molecule has 48 valence electrons. The van der Waals surface area contributed by atoms with E-state index in [-0.39, 0.29) is 6.17 Å². The van der Waals surface area contributed by atoms with Gasteiger partial charge in [-0.1, -0.05) is 0 Å². The second-order valence-corrected chi connectivity index (χ2v) is 2.47. The lowest BCUT2D eigenvalue weighted by atomic mass is 10.3. The van der Waals surface area contributed by atoms with Crippen LogP contribution in [0.25, 0.3) is 0 Å². The SMILES string of the molecule is C1=NC(C2CC2)N=CN1. The van der Waals surface area contributed by atoms with Crippen LogP contribution in [0.4, 0.5) is 0 Å². The lowest BCUT2D eigenvalue weighted by molar-refractivity contribution is 0.622. The first-order valence-corrected chi connectivity index (χ1v) is 3.26. The number of aliphatic imine (C=N–C) groups is 2. The topological polar surface area (TPSA) is 36.8 Å². The van der Waals surface area contributed by atoms with Crippen LogP contribution in [0, 0.1) is 5.92 Å². The van der Waals surface area contributed by atoms with Crippen molar-refractivity contribution in [2.24, 2.45) is 15.9 Å². The van der Waals surface area contributed by atoms with E-state index in [0.717, 1.165) is 5.92 Å². The van der Waals surface area contributed by atoms with Gasteiger partial charge in [-0.2, -0.15) is 0 Å². The van der Waals surface area contributed by atoms with Crippen molar-refractivity contribution < 1.29 is 0 Å². The van der Waals surface area contributed by atoms with Crippen LogP contribution in [0.1, 0.15) is 12.8 Å². The van der Waals surface area contributed by atoms with Gasteiger partial charge in [0.05, 0.1) is 12.7 Å². The van der Waals surface area contributed by atoms with Crippen molar-refractivity contribution >= 4 is 12.7 Å². The fraction of sp³-hybridized carbons (Fsp3) is 0.667. The van der Waals surface area contributed by atoms with Gasteiger partial charge in [-0.05, 0) is 12.8 Å². The van der Waals surface area contributed by atoms with Crippen molar-refractivity contribution in [3.63, 3.8) is 0 Å². The van der Waals surface area contributed by atoms with Crippen LogP contribution in [-0.2, 0) is 0 Å². The van der Waals surface area contributed by atoms with E-state index >= 15 is 0 Å². The minimum Gasteiger partial charge on any atom is -0.338 e. The lowest BCUT2D eigenvalue weighted by Gasteiger charge is -2.07. The maximum Gasteiger partial charge on any atom is 0.145 e. The monoisotopic (exact) mass is 123 g/mol. The molecule has 1 fully saturated rings. The molecule has 1 saturated carbocycles. The predicted octanol–water partition coefficient (Wildman–Crippen LogP) is 0.382. The standard InChI is InChI=1S/C6H9N3/c1-2-5(1)6-8-3-7-4-9-6/h3-6H,1-2H2,(H,7,8,9). The first-order valence-electron chi connectivity index (χ1n) is 3.26. The molecule has 3 nitrogen and oxygen atoms in total. The Balaban J connectivity index is 2.01. The van der Waals surface area contributed by atoms with Gasteiger partial charge in [-0.15, -0.1) is 0 Å². The van der Waals surface area contributed by atoms with E-state index in [2.05, 4.69) is 15.3 Å². The van der Waals surface area contributed by atoms with Crippen LogP contribution in [0.3, 0.4) is 0 Å². The second kappa shape index (κ2) is 1.83. The third-order valence-electron chi connectivity index (χ3n) is 1.65. The smallest absolute Gasteiger partial charge is 0.145 e. The molecule has 1 N–H and O–H groups in total. The Morgan fingerprint density at radius 1 is 1.22 bits per heavy atom. The molecule has 3 heteroatoms. The number of hydrogen-bond acceptors (Lipinski definition) is 3. The summed E-state index contributed by atoms with van der Waals surface area (Å²) in [6.07, 6.45) is 6.29. The maximum absolute atomic E-state index is 4.16. The second-order valence-electron chi connectivity index (χ2n) is 2.47. The summed E-state index contributed by atoms with van der Waals surface area (Å²) < 4.78 is 0. The lowest BCUT2D eigenvalue weighted by Crippen LogP contribution is -2.19. The quantitative estimate of drug-likeness (QED) is 0.537. The molecule has 0 unspecified atom stereocenters. The summed E-state index contributed by atoms with van der Waals surface area (Å²) in [5.74, 6) is 0.750. The van der Waals surface area contributed by atoms with Gasteiger partial charge in [-0.25, -0.2) is 9.98 Å². The number of rotatable bonds is 1. The van der Waals surface area contributed by atoms with Crippen molar-refractivity contribution in [1.82, 2.24) is 5.32 Å². The van der Waals surface area contributed by atoms with E-state index in [4.69, 9.17) is 0 Å².